The van der Waals surface area contributed by atoms with E-state index in [1.165, 1.54) is 19.3 Å². The van der Waals surface area contributed by atoms with Gasteiger partial charge in [0.25, 0.3) is 0 Å². The molecule has 1 fully saturated rings. The van der Waals surface area contributed by atoms with Crippen molar-refractivity contribution in [2.45, 2.75) is 45.4 Å². The van der Waals surface area contributed by atoms with Crippen LogP contribution in [0.25, 0.3) is 0 Å². The molecule has 0 saturated heterocycles. The Morgan fingerprint density at radius 1 is 1.24 bits per heavy atom. The second-order valence-electron chi connectivity index (χ2n) is 5.09. The number of alkyl halides is 1. The maximum absolute atomic E-state index is 11.7. The van der Waals surface area contributed by atoms with Crippen molar-refractivity contribution >= 4 is 21.6 Å². The summed E-state index contributed by atoms with van der Waals surface area (Å²) in [7, 11) is -3.09. The van der Waals surface area contributed by atoms with Crippen LogP contribution in [0.2, 0.25) is 0 Å². The maximum atomic E-state index is 11.7. The summed E-state index contributed by atoms with van der Waals surface area (Å²) in [5.74, 6) is 1.91. The van der Waals surface area contributed by atoms with Crippen molar-refractivity contribution in [3.63, 3.8) is 0 Å². The summed E-state index contributed by atoms with van der Waals surface area (Å²) < 4.78 is 26.1. The first-order valence-electron chi connectivity index (χ1n) is 6.58. The molecule has 0 bridgehead atoms. The van der Waals surface area contributed by atoms with Crippen molar-refractivity contribution in [3.8, 4) is 0 Å². The molecule has 1 aliphatic rings. The van der Waals surface area contributed by atoms with Crippen molar-refractivity contribution in [1.29, 1.82) is 0 Å². The van der Waals surface area contributed by atoms with Crippen molar-refractivity contribution in [1.82, 2.24) is 4.72 Å². The number of sulfonamides is 1. The third-order valence-corrected chi connectivity index (χ3v) is 5.35. The van der Waals surface area contributed by atoms with E-state index in [0.717, 1.165) is 12.8 Å². The van der Waals surface area contributed by atoms with Gasteiger partial charge in [0.1, 0.15) is 0 Å². The van der Waals surface area contributed by atoms with E-state index in [2.05, 4.69) is 11.6 Å². The Morgan fingerprint density at radius 2 is 1.94 bits per heavy atom. The number of hydrogen-bond donors (Lipinski definition) is 1. The van der Waals surface area contributed by atoms with Crippen molar-refractivity contribution in [2.75, 3.05) is 18.2 Å². The van der Waals surface area contributed by atoms with Gasteiger partial charge < -0.3 is 0 Å². The summed E-state index contributed by atoms with van der Waals surface area (Å²) in [6.07, 6.45) is 6.34. The molecule has 2 atom stereocenters. The van der Waals surface area contributed by atoms with Crippen LogP contribution in [0.1, 0.15) is 45.4 Å². The molecule has 2 unspecified atom stereocenters. The lowest BCUT2D eigenvalue weighted by atomic mass is 9.81. The summed E-state index contributed by atoms with van der Waals surface area (Å²) in [6.45, 7) is 2.84. The zero-order valence-corrected chi connectivity index (χ0v) is 12.2. The van der Waals surface area contributed by atoms with Gasteiger partial charge in [0.05, 0.1) is 5.75 Å². The summed E-state index contributed by atoms with van der Waals surface area (Å²) in [5, 5.41) is 0. The molecular weight excluding hydrogens is 258 g/mol. The molecule has 1 N–H and O–H groups in total. The van der Waals surface area contributed by atoms with Gasteiger partial charge in [-0.15, -0.1) is 11.6 Å². The van der Waals surface area contributed by atoms with Crippen molar-refractivity contribution in [2.24, 2.45) is 11.8 Å². The van der Waals surface area contributed by atoms with Crippen LogP contribution in [0, 0.1) is 11.8 Å². The second-order valence-corrected chi connectivity index (χ2v) is 7.39. The molecule has 0 aromatic carbocycles. The molecule has 1 rings (SSSR count). The van der Waals surface area contributed by atoms with Gasteiger partial charge in [-0.3, -0.25) is 0 Å². The molecule has 5 heteroatoms. The summed E-state index contributed by atoms with van der Waals surface area (Å²) in [6, 6.07) is 0. The van der Waals surface area contributed by atoms with Crippen LogP contribution < -0.4 is 4.72 Å². The Morgan fingerprint density at radius 3 is 2.59 bits per heavy atom. The molecule has 0 aromatic rings. The molecule has 0 aliphatic heterocycles. The first-order valence-corrected chi connectivity index (χ1v) is 8.77. The molecule has 0 spiro atoms. The summed E-state index contributed by atoms with van der Waals surface area (Å²) in [5.41, 5.74) is 0. The van der Waals surface area contributed by atoms with Gasteiger partial charge in [0.15, 0.2) is 0 Å². The third kappa shape index (κ3) is 6.07. The summed E-state index contributed by atoms with van der Waals surface area (Å²) >= 11 is 5.53. The number of nitrogens with one attached hydrogen (secondary N) is 1. The largest absolute Gasteiger partial charge is 0.215 e. The number of rotatable bonds is 7. The van der Waals surface area contributed by atoms with E-state index in [1.807, 2.05) is 0 Å². The van der Waals surface area contributed by atoms with Crippen LogP contribution in [0.15, 0.2) is 0 Å². The van der Waals surface area contributed by atoms with Gasteiger partial charge in [0.2, 0.25) is 10.0 Å². The van der Waals surface area contributed by atoms with Crippen LogP contribution in [0.5, 0.6) is 0 Å². The third-order valence-electron chi connectivity index (χ3n) is 3.65. The van der Waals surface area contributed by atoms with Gasteiger partial charge in [0, 0.05) is 12.4 Å². The first kappa shape index (κ1) is 15.3. The SMILES string of the molecule is CC1CCCCC1CNS(=O)(=O)CCCCCl. The van der Waals surface area contributed by atoms with E-state index < -0.39 is 10.0 Å². The Balaban J connectivity index is 2.28. The Hall–Kier alpha value is 0.200. The average molecular weight is 282 g/mol. The van der Waals surface area contributed by atoms with Crippen LogP contribution in [-0.4, -0.2) is 26.6 Å². The normalized spacial score (nSPS) is 26.0. The van der Waals surface area contributed by atoms with Crippen LogP contribution in [-0.2, 0) is 10.0 Å². The zero-order chi connectivity index (χ0) is 12.7. The predicted octanol–water partition coefficient (Wildman–Crippen LogP) is 2.75. The van der Waals surface area contributed by atoms with Crippen molar-refractivity contribution in [3.05, 3.63) is 0 Å². The van der Waals surface area contributed by atoms with Crippen LogP contribution >= 0.6 is 11.6 Å². The lowest BCUT2D eigenvalue weighted by Gasteiger charge is -2.28. The zero-order valence-electron chi connectivity index (χ0n) is 10.6. The highest BCUT2D eigenvalue weighted by molar-refractivity contribution is 7.89. The minimum Gasteiger partial charge on any atom is -0.215 e. The van der Waals surface area contributed by atoms with E-state index in [4.69, 9.17) is 11.6 Å². The minimum atomic E-state index is -3.09. The fourth-order valence-corrected chi connectivity index (χ4v) is 3.77. The lowest BCUT2D eigenvalue weighted by Crippen LogP contribution is -2.34. The first-order chi connectivity index (χ1) is 8.05. The predicted molar refractivity (Wildman–Crippen MR) is 72.9 cm³/mol. The van der Waals surface area contributed by atoms with E-state index in [-0.39, 0.29) is 5.75 Å². The fourth-order valence-electron chi connectivity index (χ4n) is 2.39. The number of hydrogen-bond acceptors (Lipinski definition) is 2. The topological polar surface area (TPSA) is 46.2 Å². The molecule has 0 heterocycles. The molecule has 102 valence electrons. The van der Waals surface area contributed by atoms with E-state index in [0.29, 0.717) is 30.7 Å². The highest BCUT2D eigenvalue weighted by Crippen LogP contribution is 2.28. The van der Waals surface area contributed by atoms with Gasteiger partial charge >= 0.3 is 0 Å². The minimum absolute atomic E-state index is 0.209. The molecular formula is C12H24ClNO2S. The molecule has 1 saturated carbocycles. The van der Waals surface area contributed by atoms with E-state index in [9.17, 15) is 8.42 Å². The number of unbranched alkanes of at least 4 members (excludes halogenated alkanes) is 1. The van der Waals surface area contributed by atoms with E-state index in [1.54, 1.807) is 0 Å². The highest BCUT2D eigenvalue weighted by atomic mass is 35.5. The maximum Gasteiger partial charge on any atom is 0.211 e. The second kappa shape index (κ2) is 7.59. The van der Waals surface area contributed by atoms with E-state index >= 15 is 0 Å². The lowest BCUT2D eigenvalue weighted by molar-refractivity contribution is 0.257. The Labute approximate surface area is 110 Å². The van der Waals surface area contributed by atoms with Crippen LogP contribution in [0.3, 0.4) is 0 Å². The van der Waals surface area contributed by atoms with Crippen LogP contribution in [0.4, 0.5) is 0 Å². The molecule has 0 radical (unpaired) electrons. The number of halogens is 1. The average Bonchev–Trinajstić information content (AvgIpc) is 2.28. The van der Waals surface area contributed by atoms with Gasteiger partial charge in [-0.25, -0.2) is 13.1 Å². The smallest absolute Gasteiger partial charge is 0.211 e. The quantitative estimate of drug-likeness (QED) is 0.576. The van der Waals surface area contributed by atoms with Gasteiger partial charge in [-0.1, -0.05) is 26.2 Å². The standard InChI is InChI=1S/C12H24ClNO2S/c1-11-6-2-3-7-12(11)10-14-17(15,16)9-5-4-8-13/h11-12,14H,2-10H2,1H3. The Kier molecular flexibility index (Phi) is 6.82. The molecule has 3 nitrogen and oxygen atoms in total. The molecule has 0 amide bonds. The van der Waals surface area contributed by atoms with Gasteiger partial charge in [-0.2, -0.15) is 0 Å². The fraction of sp³-hybridized carbons (Fsp3) is 1.00. The summed E-state index contributed by atoms with van der Waals surface area (Å²) in [4.78, 5) is 0. The molecule has 0 aromatic heterocycles. The van der Waals surface area contributed by atoms with Gasteiger partial charge in [-0.05, 0) is 31.1 Å². The monoisotopic (exact) mass is 281 g/mol. The Bertz CT molecular complexity index is 306. The highest BCUT2D eigenvalue weighted by Gasteiger charge is 2.22. The van der Waals surface area contributed by atoms with Crippen molar-refractivity contribution < 1.29 is 8.42 Å². The molecule has 17 heavy (non-hydrogen) atoms. The molecule has 1 aliphatic carbocycles.